The van der Waals surface area contributed by atoms with Crippen LogP contribution in [0.4, 0.5) is 15.8 Å². The summed E-state index contributed by atoms with van der Waals surface area (Å²) < 4.78 is 5.92. The van der Waals surface area contributed by atoms with Gasteiger partial charge in [0.05, 0.1) is 17.6 Å². The maximum Gasteiger partial charge on any atom is 0.320 e. The third-order valence-electron chi connectivity index (χ3n) is 4.11. The molecule has 0 saturated heterocycles. The van der Waals surface area contributed by atoms with Crippen molar-refractivity contribution in [3.8, 4) is 0 Å². The molecule has 25 heavy (non-hydrogen) atoms. The molecule has 0 spiro atoms. The second-order valence-corrected chi connectivity index (χ2v) is 6.79. The van der Waals surface area contributed by atoms with Gasteiger partial charge in [0.2, 0.25) is 0 Å². The lowest BCUT2D eigenvalue weighted by Crippen LogP contribution is -2.30. The summed E-state index contributed by atoms with van der Waals surface area (Å²) in [5.41, 5.74) is 1.52. The molecule has 2 aromatic heterocycles. The smallest absolute Gasteiger partial charge is 0.320 e. The summed E-state index contributed by atoms with van der Waals surface area (Å²) in [6.07, 6.45) is 0.734. The maximum atomic E-state index is 12.3. The second kappa shape index (κ2) is 6.21. The van der Waals surface area contributed by atoms with Crippen molar-refractivity contribution in [1.82, 2.24) is 10.3 Å². The molecule has 1 aliphatic rings. The number of fused-ring (bicyclic) bond motifs is 2. The zero-order chi connectivity index (χ0) is 17.4. The Hall–Kier alpha value is -2.87. The van der Waals surface area contributed by atoms with Gasteiger partial charge in [-0.1, -0.05) is 23.5 Å². The average Bonchev–Trinajstić information content (AvgIpc) is 3.02. The van der Waals surface area contributed by atoms with Gasteiger partial charge in [-0.25, -0.2) is 9.78 Å². The first-order chi connectivity index (χ1) is 12.1. The highest BCUT2D eigenvalue weighted by molar-refractivity contribution is 7.15. The van der Waals surface area contributed by atoms with Gasteiger partial charge in [-0.3, -0.25) is 10.1 Å². The molecule has 7 nitrogen and oxygen atoms in total. The molecule has 0 bridgehead atoms. The van der Waals surface area contributed by atoms with Crippen LogP contribution in [-0.4, -0.2) is 24.6 Å². The van der Waals surface area contributed by atoms with Crippen LogP contribution in [0.2, 0.25) is 0 Å². The first-order valence-corrected chi connectivity index (χ1v) is 8.71. The van der Waals surface area contributed by atoms with Crippen molar-refractivity contribution < 1.29 is 9.21 Å². The number of aromatic nitrogens is 1. The predicted molar refractivity (Wildman–Crippen MR) is 97.4 cm³/mol. The predicted octanol–water partition coefficient (Wildman–Crippen LogP) is 2.56. The van der Waals surface area contributed by atoms with Crippen LogP contribution < -0.4 is 21.0 Å². The van der Waals surface area contributed by atoms with Crippen LogP contribution in [0.5, 0.6) is 0 Å². The maximum absolute atomic E-state index is 12.3. The summed E-state index contributed by atoms with van der Waals surface area (Å²) in [7, 11) is 1.56. The summed E-state index contributed by atoms with van der Waals surface area (Å²) in [6, 6.07) is 8.49. The molecule has 0 aliphatic carbocycles. The molecule has 0 atom stereocenters. The molecule has 1 aromatic carbocycles. The highest BCUT2D eigenvalue weighted by Crippen LogP contribution is 2.31. The zero-order valence-corrected chi connectivity index (χ0v) is 14.4. The van der Waals surface area contributed by atoms with Crippen molar-refractivity contribution in [3.05, 3.63) is 51.1 Å². The molecule has 1 aliphatic heterocycles. The van der Waals surface area contributed by atoms with E-state index in [4.69, 9.17) is 4.42 Å². The number of amides is 2. The van der Waals surface area contributed by atoms with E-state index in [-0.39, 0.29) is 11.5 Å². The van der Waals surface area contributed by atoms with E-state index in [0.29, 0.717) is 35.1 Å². The Morgan fingerprint density at radius 3 is 3.04 bits per heavy atom. The number of carbonyl (C=O) groups is 1. The van der Waals surface area contributed by atoms with E-state index in [1.165, 1.54) is 17.4 Å². The molecule has 2 N–H and O–H groups in total. The van der Waals surface area contributed by atoms with Crippen LogP contribution in [0.1, 0.15) is 10.6 Å². The number of nitrogens with zero attached hydrogens (tertiary/aromatic N) is 2. The Labute approximate surface area is 147 Å². The van der Waals surface area contributed by atoms with Crippen molar-refractivity contribution in [1.29, 1.82) is 0 Å². The summed E-state index contributed by atoms with van der Waals surface area (Å²) >= 11 is 1.44. The minimum absolute atomic E-state index is 0.0473. The molecule has 3 aromatic rings. The van der Waals surface area contributed by atoms with Gasteiger partial charge < -0.3 is 14.6 Å². The summed E-state index contributed by atoms with van der Waals surface area (Å²) in [5.74, 6) is 0.559. The molecular formula is C17H16N4O3S. The number of anilines is 2. The van der Waals surface area contributed by atoms with Gasteiger partial charge in [-0.15, -0.1) is 0 Å². The second-order valence-electron chi connectivity index (χ2n) is 5.71. The summed E-state index contributed by atoms with van der Waals surface area (Å²) in [6.45, 7) is 1.31. The molecule has 2 amide bonds. The fourth-order valence-electron chi connectivity index (χ4n) is 2.84. The van der Waals surface area contributed by atoms with Gasteiger partial charge in [-0.2, -0.15) is 0 Å². The largest absolute Gasteiger partial charge is 0.440 e. The van der Waals surface area contributed by atoms with Crippen LogP contribution in [0.3, 0.4) is 0 Å². The van der Waals surface area contributed by atoms with Crippen LogP contribution in [-0.2, 0) is 13.0 Å². The van der Waals surface area contributed by atoms with Crippen LogP contribution in [0, 0.1) is 0 Å². The number of nitrogens with one attached hydrogen (secondary N) is 2. The molecule has 0 unspecified atom stereocenters. The molecule has 4 rings (SSSR count). The number of thiazole rings is 1. The third kappa shape index (κ3) is 2.96. The highest BCUT2D eigenvalue weighted by Gasteiger charge is 2.23. The Kier molecular flexibility index (Phi) is 3.89. The Morgan fingerprint density at radius 1 is 1.36 bits per heavy atom. The van der Waals surface area contributed by atoms with Gasteiger partial charge in [-0.05, 0) is 12.1 Å². The number of para-hydroxylation sites is 1. The zero-order valence-electron chi connectivity index (χ0n) is 13.5. The van der Waals surface area contributed by atoms with Gasteiger partial charge in [0.15, 0.2) is 16.4 Å². The van der Waals surface area contributed by atoms with Gasteiger partial charge in [0, 0.05) is 31.0 Å². The topological polar surface area (TPSA) is 87.5 Å². The minimum atomic E-state index is -0.288. The minimum Gasteiger partial charge on any atom is -0.440 e. The Morgan fingerprint density at radius 2 is 2.20 bits per heavy atom. The number of benzene rings is 1. The number of urea groups is 1. The van der Waals surface area contributed by atoms with Crippen molar-refractivity contribution >= 4 is 39.4 Å². The quantitative estimate of drug-likeness (QED) is 0.737. The van der Waals surface area contributed by atoms with Gasteiger partial charge in [0.1, 0.15) is 5.58 Å². The molecule has 8 heteroatoms. The van der Waals surface area contributed by atoms with Crippen LogP contribution in [0.25, 0.3) is 11.0 Å². The van der Waals surface area contributed by atoms with Gasteiger partial charge in [0.25, 0.3) is 0 Å². The standard InChI is InChI=1S/C17H16N4O3S/c1-18-16(23)20-17-19-11-6-7-21(9-14(11)25-17)15-8-12(22)10-4-2-3-5-13(10)24-15/h2-5,8H,6-7,9H2,1H3,(H2,18,19,20,23). The van der Waals surface area contributed by atoms with Crippen LogP contribution in [0.15, 0.2) is 39.5 Å². The number of hydrogen-bond donors (Lipinski definition) is 2. The van der Waals surface area contributed by atoms with E-state index in [2.05, 4.69) is 15.6 Å². The fourth-order valence-corrected chi connectivity index (χ4v) is 3.86. The number of rotatable bonds is 2. The van der Waals surface area contributed by atoms with Crippen molar-refractivity contribution in [2.75, 3.05) is 23.8 Å². The SMILES string of the molecule is CNC(=O)Nc1nc2c(s1)CN(c1cc(=O)c3ccccc3o1)CC2. The van der Waals surface area contributed by atoms with E-state index in [0.717, 1.165) is 17.0 Å². The average molecular weight is 356 g/mol. The Bertz CT molecular complexity index is 1010. The number of hydrogen-bond acceptors (Lipinski definition) is 6. The summed E-state index contributed by atoms with van der Waals surface area (Å²) in [5, 5.41) is 6.37. The highest BCUT2D eigenvalue weighted by atomic mass is 32.1. The molecule has 0 saturated carbocycles. The molecule has 0 fully saturated rings. The van der Waals surface area contributed by atoms with Crippen molar-refractivity contribution in [3.63, 3.8) is 0 Å². The number of carbonyl (C=O) groups excluding carboxylic acids is 1. The molecule has 128 valence electrons. The van der Waals surface area contributed by atoms with Gasteiger partial charge >= 0.3 is 6.03 Å². The fraction of sp³-hybridized carbons (Fsp3) is 0.235. The first-order valence-electron chi connectivity index (χ1n) is 7.89. The summed E-state index contributed by atoms with van der Waals surface area (Å²) in [4.78, 5) is 31.3. The van der Waals surface area contributed by atoms with Crippen molar-refractivity contribution in [2.24, 2.45) is 0 Å². The van der Waals surface area contributed by atoms with E-state index < -0.39 is 0 Å². The van der Waals surface area contributed by atoms with Crippen LogP contribution >= 0.6 is 11.3 Å². The molecule has 0 radical (unpaired) electrons. The Balaban J connectivity index is 1.62. The van der Waals surface area contributed by atoms with Crippen molar-refractivity contribution in [2.45, 2.75) is 13.0 Å². The lowest BCUT2D eigenvalue weighted by molar-refractivity contribution is 0.254. The van der Waals surface area contributed by atoms with E-state index >= 15 is 0 Å². The lowest BCUT2D eigenvalue weighted by Gasteiger charge is -2.26. The first kappa shape index (κ1) is 15.6. The van der Waals surface area contributed by atoms with E-state index in [9.17, 15) is 9.59 Å². The molecular weight excluding hydrogens is 340 g/mol. The normalized spacial score (nSPS) is 13.6. The van der Waals surface area contributed by atoms with E-state index in [1.54, 1.807) is 19.2 Å². The lowest BCUT2D eigenvalue weighted by atomic mass is 10.1. The third-order valence-corrected chi connectivity index (χ3v) is 5.11. The van der Waals surface area contributed by atoms with E-state index in [1.807, 2.05) is 17.0 Å². The molecule has 3 heterocycles. The monoisotopic (exact) mass is 356 g/mol.